The van der Waals surface area contributed by atoms with Gasteiger partial charge in [-0.05, 0) is 42.8 Å². The summed E-state index contributed by atoms with van der Waals surface area (Å²) < 4.78 is 45.4. The highest BCUT2D eigenvalue weighted by molar-refractivity contribution is 7.91. The van der Waals surface area contributed by atoms with E-state index in [1.54, 1.807) is 25.1 Å². The molecule has 0 saturated carbocycles. The van der Waals surface area contributed by atoms with Gasteiger partial charge in [-0.2, -0.15) is 4.99 Å². The van der Waals surface area contributed by atoms with Crippen LogP contribution in [0.25, 0.3) is 10.2 Å². The number of thiazole rings is 1. The summed E-state index contributed by atoms with van der Waals surface area (Å²) in [5, 5.41) is 0. The van der Waals surface area contributed by atoms with Crippen molar-refractivity contribution < 1.29 is 22.3 Å². The Labute approximate surface area is 178 Å². The van der Waals surface area contributed by atoms with Gasteiger partial charge in [-0.3, -0.25) is 4.79 Å². The van der Waals surface area contributed by atoms with Crippen molar-refractivity contribution in [1.29, 1.82) is 0 Å². The van der Waals surface area contributed by atoms with Crippen LogP contribution >= 0.6 is 11.3 Å². The molecule has 2 aromatic carbocycles. The van der Waals surface area contributed by atoms with Gasteiger partial charge in [0.05, 0.1) is 33.9 Å². The molecule has 0 aliphatic heterocycles. The fourth-order valence-electron chi connectivity index (χ4n) is 2.95. The average molecular weight is 451 g/mol. The van der Waals surface area contributed by atoms with Crippen molar-refractivity contribution in [2.45, 2.75) is 31.7 Å². The second-order valence-electron chi connectivity index (χ2n) is 6.57. The number of carbonyl (C=O) groups is 1. The van der Waals surface area contributed by atoms with Crippen LogP contribution in [0.2, 0.25) is 0 Å². The summed E-state index contributed by atoms with van der Waals surface area (Å²) in [4.78, 5) is 17.5. The highest BCUT2D eigenvalue weighted by Gasteiger charge is 2.12. The Morgan fingerprint density at radius 3 is 2.57 bits per heavy atom. The molecule has 0 spiro atoms. The number of carbonyl (C=O) groups excluding carboxylic acids is 1. The van der Waals surface area contributed by atoms with Gasteiger partial charge in [-0.1, -0.05) is 30.4 Å². The summed E-state index contributed by atoms with van der Waals surface area (Å²) in [5.41, 5.74) is 1.47. The Kier molecular flexibility index (Phi) is 7.17. The van der Waals surface area contributed by atoms with E-state index < -0.39 is 9.84 Å². The molecule has 0 unspecified atom stereocenters. The van der Waals surface area contributed by atoms with Gasteiger partial charge in [0.15, 0.2) is 14.6 Å². The number of benzene rings is 2. The number of ether oxygens (including phenoxy) is 1. The predicted molar refractivity (Wildman–Crippen MR) is 115 cm³/mol. The van der Waals surface area contributed by atoms with Crippen LogP contribution in [0.15, 0.2) is 52.4 Å². The lowest BCUT2D eigenvalue weighted by Crippen LogP contribution is -2.20. The third-order valence-corrected chi connectivity index (χ3v) is 7.34. The highest BCUT2D eigenvalue weighted by Crippen LogP contribution is 2.19. The molecule has 0 aliphatic rings. The third kappa shape index (κ3) is 5.21. The Morgan fingerprint density at radius 1 is 1.17 bits per heavy atom. The van der Waals surface area contributed by atoms with E-state index in [1.807, 2.05) is 11.5 Å². The maximum absolute atomic E-state index is 13.6. The minimum Gasteiger partial charge on any atom is -0.380 e. The Hall–Kier alpha value is -2.36. The molecule has 0 saturated heterocycles. The standard InChI is InChI=1S/C21H23FN2O4S2/c1-3-28-12-11-24-18-10-7-16(22)14-19(18)29-21(24)23-20(25)13-15-5-8-17(9-6-15)30(26,27)4-2/h5-10,14H,3-4,11-13H2,1-2H3. The highest BCUT2D eigenvalue weighted by atomic mass is 32.2. The lowest BCUT2D eigenvalue weighted by Gasteiger charge is -2.05. The van der Waals surface area contributed by atoms with Crippen molar-refractivity contribution in [2.24, 2.45) is 4.99 Å². The number of halogens is 1. The monoisotopic (exact) mass is 450 g/mol. The van der Waals surface area contributed by atoms with Crippen LogP contribution in [0.4, 0.5) is 4.39 Å². The molecule has 0 aliphatic carbocycles. The van der Waals surface area contributed by atoms with Crippen LogP contribution in [0.3, 0.4) is 0 Å². The van der Waals surface area contributed by atoms with E-state index in [4.69, 9.17) is 4.74 Å². The van der Waals surface area contributed by atoms with Crippen molar-refractivity contribution in [3.05, 3.63) is 58.6 Å². The van der Waals surface area contributed by atoms with Gasteiger partial charge in [0.2, 0.25) is 0 Å². The van der Waals surface area contributed by atoms with Crippen LogP contribution in [0.5, 0.6) is 0 Å². The van der Waals surface area contributed by atoms with Crippen LogP contribution in [0, 0.1) is 5.82 Å². The van der Waals surface area contributed by atoms with Crippen molar-refractivity contribution in [1.82, 2.24) is 4.57 Å². The number of aromatic nitrogens is 1. The number of sulfone groups is 1. The molecule has 6 nitrogen and oxygen atoms in total. The molecule has 0 fully saturated rings. The number of hydrogen-bond acceptors (Lipinski definition) is 5. The van der Waals surface area contributed by atoms with E-state index in [-0.39, 0.29) is 28.8 Å². The van der Waals surface area contributed by atoms with Crippen LogP contribution in [0.1, 0.15) is 19.4 Å². The molecule has 0 atom stereocenters. The summed E-state index contributed by atoms with van der Waals surface area (Å²) in [5.74, 6) is -0.687. The van der Waals surface area contributed by atoms with E-state index in [9.17, 15) is 17.6 Å². The van der Waals surface area contributed by atoms with E-state index in [1.165, 1.54) is 35.6 Å². The number of rotatable bonds is 8. The fourth-order valence-corrected chi connectivity index (χ4v) is 4.93. The first-order chi connectivity index (χ1) is 14.3. The van der Waals surface area contributed by atoms with Gasteiger partial charge >= 0.3 is 0 Å². The molecule has 0 radical (unpaired) electrons. The van der Waals surface area contributed by atoms with Gasteiger partial charge in [0.25, 0.3) is 5.91 Å². The van der Waals surface area contributed by atoms with Crippen molar-refractivity contribution in [3.63, 3.8) is 0 Å². The molecule has 9 heteroatoms. The summed E-state index contributed by atoms with van der Waals surface area (Å²) >= 11 is 1.24. The maximum Gasteiger partial charge on any atom is 0.252 e. The van der Waals surface area contributed by atoms with Gasteiger partial charge in [-0.25, -0.2) is 12.8 Å². The minimum atomic E-state index is -3.28. The lowest BCUT2D eigenvalue weighted by molar-refractivity contribution is -0.117. The number of amides is 1. The first kappa shape index (κ1) is 22.3. The lowest BCUT2D eigenvalue weighted by atomic mass is 10.1. The van der Waals surface area contributed by atoms with E-state index in [0.29, 0.717) is 34.8 Å². The van der Waals surface area contributed by atoms with Crippen molar-refractivity contribution in [2.75, 3.05) is 19.0 Å². The molecule has 0 N–H and O–H groups in total. The second kappa shape index (κ2) is 9.63. The predicted octanol–water partition coefficient (Wildman–Crippen LogP) is 3.34. The first-order valence-corrected chi connectivity index (χ1v) is 12.1. The summed E-state index contributed by atoms with van der Waals surface area (Å²) in [6.07, 6.45) is 0.0422. The number of nitrogens with zero attached hydrogens (tertiary/aromatic N) is 2. The zero-order valence-electron chi connectivity index (χ0n) is 16.8. The molecule has 3 rings (SSSR count). The summed E-state index contributed by atoms with van der Waals surface area (Å²) in [7, 11) is -3.28. The van der Waals surface area contributed by atoms with Gasteiger partial charge in [0, 0.05) is 13.2 Å². The van der Waals surface area contributed by atoms with Crippen LogP contribution in [-0.2, 0) is 32.3 Å². The van der Waals surface area contributed by atoms with E-state index >= 15 is 0 Å². The second-order valence-corrected chi connectivity index (χ2v) is 9.86. The van der Waals surface area contributed by atoms with Gasteiger partial charge in [-0.15, -0.1) is 0 Å². The summed E-state index contributed by atoms with van der Waals surface area (Å²) in [6.45, 7) is 5.01. The molecule has 1 heterocycles. The van der Waals surface area contributed by atoms with Gasteiger partial charge in [0.1, 0.15) is 5.82 Å². The molecule has 3 aromatic rings. The normalized spacial score (nSPS) is 12.6. The maximum atomic E-state index is 13.6. The van der Waals surface area contributed by atoms with Crippen molar-refractivity contribution in [3.8, 4) is 0 Å². The topological polar surface area (TPSA) is 77.7 Å². The molecule has 1 amide bonds. The van der Waals surface area contributed by atoms with Crippen LogP contribution in [-0.4, -0.2) is 37.9 Å². The Balaban J connectivity index is 1.88. The smallest absolute Gasteiger partial charge is 0.252 e. The van der Waals surface area contributed by atoms with Crippen molar-refractivity contribution >= 4 is 37.3 Å². The SMILES string of the molecule is CCOCCn1c(=NC(=O)Cc2ccc(S(=O)(=O)CC)cc2)sc2cc(F)ccc21. The molecular formula is C21H23FN2O4S2. The largest absolute Gasteiger partial charge is 0.380 e. The number of hydrogen-bond donors (Lipinski definition) is 0. The average Bonchev–Trinajstić information content (AvgIpc) is 3.04. The summed E-state index contributed by atoms with van der Waals surface area (Å²) in [6, 6.07) is 10.7. The third-order valence-electron chi connectivity index (χ3n) is 4.55. The number of fused-ring (bicyclic) bond motifs is 1. The van der Waals surface area contributed by atoms with Gasteiger partial charge < -0.3 is 9.30 Å². The zero-order valence-corrected chi connectivity index (χ0v) is 18.4. The quantitative estimate of drug-likeness (QED) is 0.493. The van der Waals surface area contributed by atoms with Crippen LogP contribution < -0.4 is 4.80 Å². The molecule has 0 bridgehead atoms. The molecular weight excluding hydrogens is 427 g/mol. The molecule has 160 valence electrons. The zero-order chi connectivity index (χ0) is 21.7. The van der Waals surface area contributed by atoms with E-state index in [0.717, 1.165) is 5.52 Å². The molecule has 1 aromatic heterocycles. The molecule has 30 heavy (non-hydrogen) atoms. The Bertz CT molecular complexity index is 1210. The first-order valence-electron chi connectivity index (χ1n) is 9.60. The Morgan fingerprint density at radius 2 is 1.90 bits per heavy atom. The fraction of sp³-hybridized carbons (Fsp3) is 0.333. The minimum absolute atomic E-state index is 0.0227. The van der Waals surface area contributed by atoms with E-state index in [2.05, 4.69) is 4.99 Å².